The van der Waals surface area contributed by atoms with Crippen LogP contribution in [-0.4, -0.2) is 74.3 Å². The van der Waals surface area contributed by atoms with Crippen LogP contribution in [0, 0.1) is 11.7 Å². The van der Waals surface area contributed by atoms with Crippen LogP contribution in [0.2, 0.25) is 5.02 Å². The predicted octanol–water partition coefficient (Wildman–Crippen LogP) is 3.80. The molecule has 7 nitrogen and oxygen atoms in total. The Morgan fingerprint density at radius 1 is 1.22 bits per heavy atom. The van der Waals surface area contributed by atoms with E-state index < -0.39 is 0 Å². The fourth-order valence-corrected chi connectivity index (χ4v) is 5.14. The lowest BCUT2D eigenvalue weighted by atomic mass is 9.95. The van der Waals surface area contributed by atoms with Crippen molar-refractivity contribution in [1.29, 1.82) is 0 Å². The highest BCUT2D eigenvalue weighted by molar-refractivity contribution is 6.33. The lowest BCUT2D eigenvalue weighted by molar-refractivity contribution is -0.0337. The van der Waals surface area contributed by atoms with Crippen molar-refractivity contribution in [3.05, 3.63) is 58.4 Å². The number of likely N-dealkylation sites (tertiary alicyclic amines) is 1. The third-order valence-electron chi connectivity index (χ3n) is 6.88. The van der Waals surface area contributed by atoms with E-state index in [0.717, 1.165) is 57.7 Å². The fourth-order valence-electron chi connectivity index (χ4n) is 4.98. The van der Waals surface area contributed by atoms with Crippen molar-refractivity contribution in [3.8, 4) is 5.75 Å². The van der Waals surface area contributed by atoms with Gasteiger partial charge in [0.2, 0.25) is 0 Å². The number of piperidine rings is 1. The van der Waals surface area contributed by atoms with Crippen LogP contribution in [0.4, 0.5) is 10.1 Å². The Bertz CT molecular complexity index is 1030. The van der Waals surface area contributed by atoms with Gasteiger partial charge in [-0.1, -0.05) is 23.7 Å². The van der Waals surface area contributed by atoms with Gasteiger partial charge in [0.15, 0.2) is 0 Å². The Labute approximate surface area is 217 Å². The molecular weight excluding hydrogens is 483 g/mol. The summed E-state index contributed by atoms with van der Waals surface area (Å²) in [6, 6.07) is 10.0. The van der Waals surface area contributed by atoms with Crippen molar-refractivity contribution >= 4 is 23.2 Å². The number of nitrogens with two attached hydrogens (primary N) is 1. The SMILES string of the molecule is CCOc1cc(N)c(Cl)cc1C(=O)NCC1CN(CC2CCN(Cc3cccc(F)c3)CC2)CCO1. The van der Waals surface area contributed by atoms with E-state index in [4.69, 9.17) is 26.8 Å². The summed E-state index contributed by atoms with van der Waals surface area (Å²) < 4.78 is 25.0. The quantitative estimate of drug-likeness (QED) is 0.491. The summed E-state index contributed by atoms with van der Waals surface area (Å²) in [5.41, 5.74) is 7.64. The van der Waals surface area contributed by atoms with Crippen LogP contribution in [0.3, 0.4) is 0 Å². The molecule has 2 heterocycles. The molecule has 2 saturated heterocycles. The molecule has 0 saturated carbocycles. The van der Waals surface area contributed by atoms with Gasteiger partial charge in [-0.3, -0.25) is 14.6 Å². The first-order chi connectivity index (χ1) is 17.4. The molecule has 3 N–H and O–H groups in total. The number of amides is 1. The minimum Gasteiger partial charge on any atom is -0.493 e. The van der Waals surface area contributed by atoms with Gasteiger partial charge in [-0.05, 0) is 62.5 Å². The first-order valence-electron chi connectivity index (χ1n) is 12.7. The average molecular weight is 519 g/mol. The molecule has 2 aromatic carbocycles. The number of nitrogens with one attached hydrogen (secondary N) is 1. The van der Waals surface area contributed by atoms with Gasteiger partial charge in [-0.15, -0.1) is 0 Å². The topological polar surface area (TPSA) is 80.1 Å². The third-order valence-corrected chi connectivity index (χ3v) is 7.20. The molecule has 2 aliphatic rings. The monoisotopic (exact) mass is 518 g/mol. The summed E-state index contributed by atoms with van der Waals surface area (Å²) in [6.45, 7) is 8.90. The van der Waals surface area contributed by atoms with E-state index in [1.165, 1.54) is 6.07 Å². The maximum atomic E-state index is 13.5. The summed E-state index contributed by atoms with van der Waals surface area (Å²) in [6.07, 6.45) is 2.19. The number of morpholine rings is 1. The van der Waals surface area contributed by atoms with E-state index in [1.807, 2.05) is 13.0 Å². The van der Waals surface area contributed by atoms with Crippen molar-refractivity contribution in [2.75, 3.05) is 58.2 Å². The van der Waals surface area contributed by atoms with Crippen LogP contribution in [0.25, 0.3) is 0 Å². The Morgan fingerprint density at radius 3 is 2.78 bits per heavy atom. The molecule has 1 unspecified atom stereocenters. The number of carbonyl (C=O) groups excluding carboxylic acids is 1. The highest BCUT2D eigenvalue weighted by atomic mass is 35.5. The Kier molecular flexibility index (Phi) is 9.42. The Balaban J connectivity index is 1.22. The van der Waals surface area contributed by atoms with Gasteiger partial charge < -0.3 is 20.5 Å². The maximum absolute atomic E-state index is 13.5. The van der Waals surface area contributed by atoms with Crippen molar-refractivity contribution in [2.24, 2.45) is 5.92 Å². The fraction of sp³-hybridized carbons (Fsp3) is 0.519. The minimum atomic E-state index is -0.258. The van der Waals surface area contributed by atoms with Gasteiger partial charge >= 0.3 is 0 Å². The van der Waals surface area contributed by atoms with Gasteiger partial charge in [-0.25, -0.2) is 4.39 Å². The number of rotatable bonds is 9. The molecule has 0 radical (unpaired) electrons. The third kappa shape index (κ3) is 7.32. The smallest absolute Gasteiger partial charge is 0.255 e. The standard InChI is InChI=1S/C27H36ClFN4O3/c1-2-35-26-14-25(30)24(28)13-23(26)27(34)31-15-22-18-33(10-11-36-22)16-19-6-8-32(9-7-19)17-20-4-3-5-21(29)12-20/h3-5,12-14,19,22H,2,6-11,15-18,30H2,1H3,(H,31,34). The van der Waals surface area contributed by atoms with E-state index in [-0.39, 0.29) is 17.8 Å². The van der Waals surface area contributed by atoms with Crippen LogP contribution in [0.15, 0.2) is 36.4 Å². The number of ether oxygens (including phenoxy) is 2. The lowest BCUT2D eigenvalue weighted by Crippen LogP contribution is -2.49. The van der Waals surface area contributed by atoms with E-state index in [0.29, 0.717) is 47.7 Å². The van der Waals surface area contributed by atoms with Crippen molar-refractivity contribution in [1.82, 2.24) is 15.1 Å². The Hall–Kier alpha value is -2.39. The Morgan fingerprint density at radius 2 is 2.03 bits per heavy atom. The molecule has 1 atom stereocenters. The lowest BCUT2D eigenvalue weighted by Gasteiger charge is -2.38. The normalized spacial score (nSPS) is 19.8. The van der Waals surface area contributed by atoms with Crippen LogP contribution >= 0.6 is 11.6 Å². The van der Waals surface area contributed by atoms with E-state index >= 15 is 0 Å². The van der Waals surface area contributed by atoms with Gasteiger partial charge in [0.05, 0.1) is 35.6 Å². The summed E-state index contributed by atoms with van der Waals surface area (Å²) in [5.74, 6) is 0.624. The van der Waals surface area contributed by atoms with Gasteiger partial charge in [-0.2, -0.15) is 0 Å². The summed E-state index contributed by atoms with van der Waals surface area (Å²) in [5, 5.41) is 3.29. The number of anilines is 1. The largest absolute Gasteiger partial charge is 0.493 e. The zero-order chi connectivity index (χ0) is 25.5. The van der Waals surface area contributed by atoms with Crippen molar-refractivity contribution in [3.63, 3.8) is 0 Å². The molecule has 0 aliphatic carbocycles. The highest BCUT2D eigenvalue weighted by Gasteiger charge is 2.26. The second-order valence-corrected chi connectivity index (χ2v) is 10.0. The van der Waals surface area contributed by atoms with Gasteiger partial charge in [0, 0.05) is 38.8 Å². The van der Waals surface area contributed by atoms with Crippen molar-refractivity contribution in [2.45, 2.75) is 32.4 Å². The number of halogens is 2. The molecule has 2 fully saturated rings. The molecule has 0 aromatic heterocycles. The van der Waals surface area contributed by atoms with Gasteiger partial charge in [0.1, 0.15) is 11.6 Å². The van der Waals surface area contributed by atoms with E-state index in [2.05, 4.69) is 15.1 Å². The summed E-state index contributed by atoms with van der Waals surface area (Å²) >= 11 is 6.14. The molecular formula is C27H36ClFN4O3. The average Bonchev–Trinajstić information content (AvgIpc) is 2.86. The molecule has 0 bridgehead atoms. The highest BCUT2D eigenvalue weighted by Crippen LogP contribution is 2.29. The molecule has 1 amide bonds. The number of hydrogen-bond acceptors (Lipinski definition) is 6. The maximum Gasteiger partial charge on any atom is 0.255 e. The van der Waals surface area contributed by atoms with E-state index in [1.54, 1.807) is 24.3 Å². The van der Waals surface area contributed by atoms with Crippen LogP contribution in [-0.2, 0) is 11.3 Å². The molecule has 0 spiro atoms. The number of benzene rings is 2. The van der Waals surface area contributed by atoms with Crippen LogP contribution < -0.4 is 15.8 Å². The number of carbonyl (C=O) groups is 1. The van der Waals surface area contributed by atoms with Crippen LogP contribution in [0.1, 0.15) is 35.7 Å². The second kappa shape index (κ2) is 12.7. The van der Waals surface area contributed by atoms with Crippen molar-refractivity contribution < 1.29 is 18.7 Å². The number of hydrogen-bond donors (Lipinski definition) is 2. The zero-order valence-corrected chi connectivity index (χ0v) is 21.6. The number of nitrogens with zero attached hydrogens (tertiary/aromatic N) is 2. The minimum absolute atomic E-state index is 0.0736. The molecule has 196 valence electrons. The number of nitrogen functional groups attached to an aromatic ring is 1. The molecule has 2 aliphatic heterocycles. The molecule has 4 rings (SSSR count). The van der Waals surface area contributed by atoms with Gasteiger partial charge in [0.25, 0.3) is 5.91 Å². The zero-order valence-electron chi connectivity index (χ0n) is 20.8. The first-order valence-corrected chi connectivity index (χ1v) is 13.1. The molecule has 9 heteroatoms. The first kappa shape index (κ1) is 26.7. The molecule has 2 aromatic rings. The second-order valence-electron chi connectivity index (χ2n) is 9.61. The van der Waals surface area contributed by atoms with E-state index in [9.17, 15) is 9.18 Å². The molecule has 36 heavy (non-hydrogen) atoms. The summed E-state index contributed by atoms with van der Waals surface area (Å²) in [4.78, 5) is 17.7. The summed E-state index contributed by atoms with van der Waals surface area (Å²) in [7, 11) is 0. The van der Waals surface area contributed by atoms with Crippen LogP contribution in [0.5, 0.6) is 5.75 Å². The predicted molar refractivity (Wildman–Crippen MR) is 140 cm³/mol.